The molecule has 36 heavy (non-hydrogen) atoms. The number of amides is 2. The fraction of sp³-hybridized carbons (Fsp3) is 0.556. The van der Waals surface area contributed by atoms with Crippen LogP contribution in [0.3, 0.4) is 0 Å². The first kappa shape index (κ1) is 26.0. The molecule has 2 aliphatic rings. The van der Waals surface area contributed by atoms with E-state index in [1.807, 2.05) is 11.0 Å². The van der Waals surface area contributed by atoms with Crippen molar-refractivity contribution in [3.05, 3.63) is 53.5 Å². The summed E-state index contributed by atoms with van der Waals surface area (Å²) < 4.78 is 0. The summed E-state index contributed by atoms with van der Waals surface area (Å²) in [5, 5.41) is 16.7. The molecule has 1 fully saturated rings. The molecule has 2 aliphatic heterocycles. The first-order chi connectivity index (χ1) is 17.4. The number of aliphatic hydroxyl groups is 1. The van der Waals surface area contributed by atoms with Gasteiger partial charge in [-0.15, -0.1) is 0 Å². The van der Waals surface area contributed by atoms with E-state index in [1.54, 1.807) is 6.07 Å². The molecule has 2 aromatic rings. The van der Waals surface area contributed by atoms with Crippen molar-refractivity contribution >= 4 is 17.6 Å². The number of nitrogens with one attached hydrogen (secondary N) is 2. The summed E-state index contributed by atoms with van der Waals surface area (Å²) in [5.41, 5.74) is 2.93. The Hall–Kier alpha value is -3.04. The molecule has 194 valence electrons. The van der Waals surface area contributed by atoms with Crippen LogP contribution in [0.5, 0.6) is 0 Å². The molecule has 0 saturated carbocycles. The lowest BCUT2D eigenvalue weighted by Crippen LogP contribution is -2.43. The van der Waals surface area contributed by atoms with Crippen LogP contribution >= 0.6 is 0 Å². The van der Waals surface area contributed by atoms with Gasteiger partial charge < -0.3 is 20.6 Å². The van der Waals surface area contributed by atoms with Gasteiger partial charge in [-0.2, -0.15) is 0 Å². The molecule has 1 atom stereocenters. The average molecular weight is 495 g/mol. The van der Waals surface area contributed by atoms with Gasteiger partial charge in [-0.3, -0.25) is 14.5 Å². The Morgan fingerprint density at radius 3 is 2.61 bits per heavy atom. The van der Waals surface area contributed by atoms with Crippen LogP contribution in [0.25, 0.3) is 0 Å². The predicted molar refractivity (Wildman–Crippen MR) is 138 cm³/mol. The van der Waals surface area contributed by atoms with Crippen LogP contribution in [0.2, 0.25) is 0 Å². The van der Waals surface area contributed by atoms with E-state index in [-0.39, 0.29) is 30.1 Å². The lowest BCUT2D eigenvalue weighted by Gasteiger charge is -2.33. The minimum atomic E-state index is -0.665. The molecule has 1 saturated heterocycles. The van der Waals surface area contributed by atoms with Gasteiger partial charge in [0.25, 0.3) is 5.91 Å². The van der Waals surface area contributed by atoms with E-state index in [0.29, 0.717) is 24.7 Å². The number of piperidine rings is 1. The topological polar surface area (TPSA) is 111 Å². The number of rotatable bonds is 9. The van der Waals surface area contributed by atoms with Crippen LogP contribution < -0.4 is 10.6 Å². The highest BCUT2D eigenvalue weighted by molar-refractivity contribution is 5.92. The second kappa shape index (κ2) is 12.3. The first-order valence-corrected chi connectivity index (χ1v) is 13.0. The molecule has 2 amide bonds. The molecule has 9 nitrogen and oxygen atoms in total. The molecular weight excluding hydrogens is 456 g/mol. The minimum Gasteiger partial charge on any atom is -0.390 e. The lowest BCUT2D eigenvalue weighted by atomic mass is 10.00. The number of aromatic nitrogens is 2. The highest BCUT2D eigenvalue weighted by atomic mass is 16.3. The summed E-state index contributed by atoms with van der Waals surface area (Å²) in [4.78, 5) is 37.5. The quantitative estimate of drug-likeness (QED) is 0.489. The monoisotopic (exact) mass is 494 g/mol. The third kappa shape index (κ3) is 7.24. The number of carbonyl (C=O) groups excluding carboxylic acids is 2. The number of likely N-dealkylation sites (tertiary alicyclic amines) is 1. The first-order valence-electron chi connectivity index (χ1n) is 13.0. The molecule has 0 radical (unpaired) electrons. The fourth-order valence-corrected chi connectivity index (χ4v) is 4.89. The lowest BCUT2D eigenvalue weighted by molar-refractivity contribution is -0.132. The van der Waals surface area contributed by atoms with Crippen molar-refractivity contribution in [3.63, 3.8) is 0 Å². The molecule has 0 aliphatic carbocycles. The van der Waals surface area contributed by atoms with Crippen molar-refractivity contribution in [1.82, 2.24) is 25.1 Å². The molecule has 1 aromatic heterocycles. The Morgan fingerprint density at radius 2 is 1.86 bits per heavy atom. The summed E-state index contributed by atoms with van der Waals surface area (Å²) in [6.45, 7) is 7.94. The van der Waals surface area contributed by atoms with Crippen molar-refractivity contribution in [2.75, 3.05) is 38.0 Å². The minimum absolute atomic E-state index is 0.159. The highest BCUT2D eigenvalue weighted by Crippen LogP contribution is 2.19. The van der Waals surface area contributed by atoms with Gasteiger partial charge in [0.05, 0.1) is 6.10 Å². The molecule has 1 unspecified atom stereocenters. The zero-order valence-electron chi connectivity index (χ0n) is 21.3. The summed E-state index contributed by atoms with van der Waals surface area (Å²) in [7, 11) is 0. The third-order valence-electron chi connectivity index (χ3n) is 6.86. The van der Waals surface area contributed by atoms with Gasteiger partial charge >= 0.3 is 0 Å². The van der Waals surface area contributed by atoms with Gasteiger partial charge in [-0.25, -0.2) is 9.97 Å². The largest absolute Gasteiger partial charge is 0.390 e. The zero-order valence-corrected chi connectivity index (χ0v) is 21.3. The summed E-state index contributed by atoms with van der Waals surface area (Å²) in [6, 6.07) is 10.2. The molecular formula is C27H38N6O3. The standard InChI is InChI=1S/C27H38N6O3/c1-19(2)13-26(35)33-11-8-22(9-12-33)31-25-14-24(29-18-30-25)27(36)28-15-23(34)17-32-10-7-20-5-3-4-6-21(20)16-32/h3-6,14,18-19,22-23,34H,7-13,15-17H2,1-2H3,(H,28,36)(H,29,30,31). The summed E-state index contributed by atoms with van der Waals surface area (Å²) in [5.74, 6) is 0.839. The highest BCUT2D eigenvalue weighted by Gasteiger charge is 2.24. The number of hydrogen-bond donors (Lipinski definition) is 3. The second-order valence-corrected chi connectivity index (χ2v) is 10.3. The van der Waals surface area contributed by atoms with Crippen LogP contribution in [-0.4, -0.2) is 81.6 Å². The Labute approximate surface area is 213 Å². The second-order valence-electron chi connectivity index (χ2n) is 10.3. The smallest absolute Gasteiger partial charge is 0.270 e. The number of β-amino-alcohol motifs (C(OH)–C–C–N with tert-alkyl or cyclic N) is 1. The van der Waals surface area contributed by atoms with Crippen molar-refractivity contribution in [2.45, 2.75) is 58.2 Å². The number of aliphatic hydroxyl groups excluding tert-OH is 1. The molecule has 3 N–H and O–H groups in total. The zero-order chi connectivity index (χ0) is 25.5. The van der Waals surface area contributed by atoms with Crippen molar-refractivity contribution < 1.29 is 14.7 Å². The average Bonchev–Trinajstić information content (AvgIpc) is 2.87. The number of hydrogen-bond acceptors (Lipinski definition) is 7. The maximum atomic E-state index is 12.7. The van der Waals surface area contributed by atoms with Crippen LogP contribution in [0.15, 0.2) is 36.7 Å². The van der Waals surface area contributed by atoms with E-state index in [4.69, 9.17) is 0 Å². The number of benzene rings is 1. The van der Waals surface area contributed by atoms with Gasteiger partial charge in [-0.1, -0.05) is 38.1 Å². The Balaban J connectivity index is 1.21. The third-order valence-corrected chi connectivity index (χ3v) is 6.86. The van der Waals surface area contributed by atoms with E-state index < -0.39 is 6.10 Å². The Kier molecular flexibility index (Phi) is 8.88. The van der Waals surface area contributed by atoms with Crippen molar-refractivity contribution in [1.29, 1.82) is 0 Å². The van der Waals surface area contributed by atoms with Crippen LogP contribution in [-0.2, 0) is 17.8 Å². The van der Waals surface area contributed by atoms with Crippen LogP contribution in [0, 0.1) is 5.92 Å². The van der Waals surface area contributed by atoms with Crippen LogP contribution in [0.4, 0.5) is 5.82 Å². The van der Waals surface area contributed by atoms with E-state index >= 15 is 0 Å². The maximum Gasteiger partial charge on any atom is 0.270 e. The SMILES string of the molecule is CC(C)CC(=O)N1CCC(Nc2cc(C(=O)NCC(O)CN3CCc4ccccc4C3)ncn2)CC1. The molecule has 4 rings (SSSR count). The van der Waals surface area contributed by atoms with Gasteiger partial charge in [0.15, 0.2) is 0 Å². The van der Waals surface area contributed by atoms with E-state index in [9.17, 15) is 14.7 Å². The number of fused-ring (bicyclic) bond motifs is 1. The van der Waals surface area contributed by atoms with E-state index in [0.717, 1.165) is 45.4 Å². The van der Waals surface area contributed by atoms with E-state index in [2.05, 4.69) is 57.5 Å². The fourth-order valence-electron chi connectivity index (χ4n) is 4.89. The van der Waals surface area contributed by atoms with Crippen LogP contribution in [0.1, 0.15) is 54.7 Å². The number of nitrogens with zero attached hydrogens (tertiary/aromatic N) is 4. The molecule has 9 heteroatoms. The van der Waals surface area contributed by atoms with Gasteiger partial charge in [-0.05, 0) is 36.3 Å². The van der Waals surface area contributed by atoms with Gasteiger partial charge in [0.1, 0.15) is 17.8 Å². The van der Waals surface area contributed by atoms with Crippen molar-refractivity contribution in [2.24, 2.45) is 5.92 Å². The molecule has 0 bridgehead atoms. The molecule has 3 heterocycles. The number of carbonyl (C=O) groups is 2. The van der Waals surface area contributed by atoms with Gasteiger partial charge in [0.2, 0.25) is 5.91 Å². The maximum absolute atomic E-state index is 12.7. The Bertz CT molecular complexity index is 1040. The molecule has 0 spiro atoms. The molecule has 1 aromatic carbocycles. The summed E-state index contributed by atoms with van der Waals surface area (Å²) in [6.07, 6.45) is 3.94. The van der Waals surface area contributed by atoms with Gasteiger partial charge in [0, 0.05) is 57.8 Å². The Morgan fingerprint density at radius 1 is 1.11 bits per heavy atom. The predicted octanol–water partition coefficient (Wildman–Crippen LogP) is 2.07. The summed E-state index contributed by atoms with van der Waals surface area (Å²) >= 11 is 0. The normalized spacial score (nSPS) is 17.5. The van der Waals surface area contributed by atoms with Crippen molar-refractivity contribution in [3.8, 4) is 0 Å². The number of anilines is 1. The van der Waals surface area contributed by atoms with E-state index in [1.165, 1.54) is 17.5 Å².